The van der Waals surface area contributed by atoms with Crippen molar-refractivity contribution in [2.75, 3.05) is 5.32 Å². The normalized spacial score (nSPS) is 21.0. The van der Waals surface area contributed by atoms with E-state index in [1.807, 2.05) is 13.8 Å². The second-order valence-electron chi connectivity index (χ2n) is 7.12. The van der Waals surface area contributed by atoms with E-state index in [0.717, 1.165) is 17.8 Å². The van der Waals surface area contributed by atoms with Gasteiger partial charge in [0, 0.05) is 11.5 Å². The highest BCUT2D eigenvalue weighted by Gasteiger charge is 2.33. The molecule has 0 unspecified atom stereocenters. The number of nitrogens with zero attached hydrogens (tertiary/aromatic N) is 3. The van der Waals surface area contributed by atoms with Gasteiger partial charge in [0.15, 0.2) is 0 Å². The number of anilines is 1. The minimum absolute atomic E-state index is 0.0828. The second-order valence-corrected chi connectivity index (χ2v) is 9.78. The molecule has 0 saturated heterocycles. The van der Waals surface area contributed by atoms with Gasteiger partial charge in [-0.25, -0.2) is 8.42 Å². The smallest absolute Gasteiger partial charge is 0.263 e. The standard InChI is InChI=1S/C18H21N5O3S2/c1-3-10(2)14(16(24)20-18-22-21-17(27-18)11-8-9-11)19-15-12-6-4-5-7-13(12)28(25,26)23-15/h4-7,10-11,14H,3,8-9H2,1-2H3,(H,19,23)(H,20,22,24)/t10-,14+/m0/s1. The van der Waals surface area contributed by atoms with Crippen molar-refractivity contribution in [3.05, 3.63) is 34.8 Å². The molecule has 2 atom stereocenters. The van der Waals surface area contributed by atoms with Gasteiger partial charge in [0.25, 0.3) is 15.9 Å². The summed E-state index contributed by atoms with van der Waals surface area (Å²) in [6, 6.07) is 5.87. The molecule has 4 rings (SSSR count). The molecule has 1 aliphatic carbocycles. The molecule has 148 valence electrons. The summed E-state index contributed by atoms with van der Waals surface area (Å²) in [5.74, 6) is 0.273. The Bertz CT molecular complexity index is 1040. The number of sulfonamides is 1. The average Bonchev–Trinajstić information content (AvgIpc) is 3.37. The van der Waals surface area contributed by atoms with Crippen LogP contribution < -0.4 is 10.0 Å². The van der Waals surface area contributed by atoms with Gasteiger partial charge in [0.2, 0.25) is 5.13 Å². The number of amides is 1. The van der Waals surface area contributed by atoms with E-state index in [-0.39, 0.29) is 22.6 Å². The van der Waals surface area contributed by atoms with E-state index >= 15 is 0 Å². The third kappa shape index (κ3) is 3.66. The van der Waals surface area contributed by atoms with Crippen LogP contribution >= 0.6 is 11.3 Å². The first-order valence-electron chi connectivity index (χ1n) is 9.23. The van der Waals surface area contributed by atoms with Gasteiger partial charge in [-0.3, -0.25) is 19.8 Å². The first-order chi connectivity index (χ1) is 13.4. The molecule has 8 nitrogen and oxygen atoms in total. The zero-order chi connectivity index (χ0) is 19.9. The number of hydrogen-bond donors (Lipinski definition) is 2. The summed E-state index contributed by atoms with van der Waals surface area (Å²) in [5.41, 5.74) is 0.482. The molecule has 1 saturated carbocycles. The van der Waals surface area contributed by atoms with Crippen molar-refractivity contribution < 1.29 is 13.2 Å². The zero-order valence-corrected chi connectivity index (χ0v) is 17.2. The Kier molecular flexibility index (Phi) is 4.92. The summed E-state index contributed by atoms with van der Waals surface area (Å²) in [6.45, 7) is 3.88. The average molecular weight is 420 g/mol. The minimum Gasteiger partial charge on any atom is -0.299 e. The Morgan fingerprint density at radius 3 is 2.82 bits per heavy atom. The highest BCUT2D eigenvalue weighted by atomic mass is 32.2. The van der Waals surface area contributed by atoms with E-state index in [0.29, 0.717) is 23.0 Å². The molecule has 1 aromatic carbocycles. The summed E-state index contributed by atoms with van der Waals surface area (Å²) in [4.78, 5) is 17.6. The molecule has 2 aromatic rings. The van der Waals surface area contributed by atoms with E-state index < -0.39 is 16.1 Å². The Morgan fingerprint density at radius 1 is 1.36 bits per heavy atom. The maximum absolute atomic E-state index is 12.9. The molecule has 28 heavy (non-hydrogen) atoms. The van der Waals surface area contributed by atoms with Crippen LogP contribution in [0.3, 0.4) is 0 Å². The summed E-state index contributed by atoms with van der Waals surface area (Å²) in [7, 11) is -3.65. The molecule has 2 aliphatic rings. The number of benzene rings is 1. The first-order valence-corrected chi connectivity index (χ1v) is 11.5. The summed E-state index contributed by atoms with van der Waals surface area (Å²) < 4.78 is 27.1. The van der Waals surface area contributed by atoms with Crippen molar-refractivity contribution >= 4 is 38.2 Å². The maximum atomic E-state index is 12.9. The molecular formula is C18H21N5O3S2. The fourth-order valence-corrected chi connectivity index (χ4v) is 5.15. The van der Waals surface area contributed by atoms with E-state index in [1.54, 1.807) is 18.2 Å². The monoisotopic (exact) mass is 419 g/mol. The Hall–Kier alpha value is -2.33. The molecule has 2 N–H and O–H groups in total. The van der Waals surface area contributed by atoms with E-state index in [4.69, 9.17) is 0 Å². The number of aromatic nitrogens is 2. The largest absolute Gasteiger partial charge is 0.299 e. The summed E-state index contributed by atoms with van der Waals surface area (Å²) in [6.07, 6.45) is 2.95. The van der Waals surface area contributed by atoms with Crippen LogP contribution in [0.25, 0.3) is 0 Å². The van der Waals surface area contributed by atoms with Gasteiger partial charge < -0.3 is 0 Å². The predicted octanol–water partition coefficient (Wildman–Crippen LogP) is 2.51. The molecule has 1 aliphatic heterocycles. The number of carbonyl (C=O) groups excluding carboxylic acids is 1. The fourth-order valence-electron chi connectivity index (χ4n) is 3.00. The van der Waals surface area contributed by atoms with Gasteiger partial charge in [-0.05, 0) is 30.9 Å². The van der Waals surface area contributed by atoms with Gasteiger partial charge in [-0.1, -0.05) is 43.7 Å². The van der Waals surface area contributed by atoms with Gasteiger partial charge in [0.1, 0.15) is 16.9 Å². The van der Waals surface area contributed by atoms with Crippen LogP contribution in [-0.2, 0) is 14.8 Å². The number of nitrogens with one attached hydrogen (secondary N) is 2. The lowest BCUT2D eigenvalue weighted by atomic mass is 9.99. The molecular weight excluding hydrogens is 398 g/mol. The molecule has 1 aromatic heterocycles. The van der Waals surface area contributed by atoms with Crippen LogP contribution in [0.2, 0.25) is 0 Å². The minimum atomic E-state index is -3.65. The number of hydrogen-bond acceptors (Lipinski definition) is 7. The van der Waals surface area contributed by atoms with Crippen LogP contribution in [0.1, 0.15) is 49.6 Å². The second kappa shape index (κ2) is 7.25. The first kappa shape index (κ1) is 19.0. The lowest BCUT2D eigenvalue weighted by Gasteiger charge is -2.18. The third-order valence-electron chi connectivity index (χ3n) is 4.98. The van der Waals surface area contributed by atoms with Crippen molar-refractivity contribution in [3.8, 4) is 0 Å². The molecule has 0 bridgehead atoms. The van der Waals surface area contributed by atoms with E-state index in [2.05, 4.69) is 25.2 Å². The van der Waals surface area contributed by atoms with Crippen LogP contribution in [0.5, 0.6) is 0 Å². The van der Waals surface area contributed by atoms with Gasteiger partial charge >= 0.3 is 0 Å². The van der Waals surface area contributed by atoms with Gasteiger partial charge in [-0.2, -0.15) is 0 Å². The fraction of sp³-hybridized carbons (Fsp3) is 0.444. The number of amidine groups is 1. The van der Waals surface area contributed by atoms with Gasteiger partial charge in [0.05, 0.1) is 4.90 Å². The highest BCUT2D eigenvalue weighted by Crippen LogP contribution is 2.42. The van der Waals surface area contributed by atoms with Crippen molar-refractivity contribution in [1.29, 1.82) is 0 Å². The quantitative estimate of drug-likeness (QED) is 0.747. The van der Waals surface area contributed by atoms with Crippen LogP contribution in [-0.4, -0.2) is 36.4 Å². The topological polar surface area (TPSA) is 113 Å². The Labute approximate surface area is 167 Å². The third-order valence-corrected chi connectivity index (χ3v) is 7.38. The predicted molar refractivity (Wildman–Crippen MR) is 107 cm³/mol. The van der Waals surface area contributed by atoms with Crippen LogP contribution in [0.15, 0.2) is 34.2 Å². The molecule has 1 amide bonds. The number of fused-ring (bicyclic) bond motifs is 1. The van der Waals surface area contributed by atoms with Crippen LogP contribution in [0.4, 0.5) is 5.13 Å². The summed E-state index contributed by atoms with van der Waals surface area (Å²) >= 11 is 1.39. The Balaban J connectivity index is 1.61. The lowest BCUT2D eigenvalue weighted by Crippen LogP contribution is -2.34. The van der Waals surface area contributed by atoms with Crippen molar-refractivity contribution in [1.82, 2.24) is 14.9 Å². The Morgan fingerprint density at radius 2 is 2.11 bits per heavy atom. The SMILES string of the molecule is CC[C@H](C)[C@@H](N=C1NS(=O)(=O)c2ccccc21)C(=O)Nc1nnc(C2CC2)s1. The van der Waals surface area contributed by atoms with Crippen molar-refractivity contribution in [3.63, 3.8) is 0 Å². The molecule has 0 spiro atoms. The highest BCUT2D eigenvalue weighted by molar-refractivity contribution is 7.90. The maximum Gasteiger partial charge on any atom is 0.263 e. The lowest BCUT2D eigenvalue weighted by molar-refractivity contribution is -0.118. The van der Waals surface area contributed by atoms with E-state index in [1.165, 1.54) is 17.4 Å². The zero-order valence-electron chi connectivity index (χ0n) is 15.5. The van der Waals surface area contributed by atoms with Crippen LogP contribution in [0, 0.1) is 5.92 Å². The van der Waals surface area contributed by atoms with Crippen molar-refractivity contribution in [2.24, 2.45) is 10.9 Å². The number of rotatable bonds is 6. The summed E-state index contributed by atoms with van der Waals surface area (Å²) in [5, 5.41) is 12.4. The van der Waals surface area contributed by atoms with Crippen molar-refractivity contribution in [2.45, 2.75) is 50.0 Å². The molecule has 10 heteroatoms. The molecule has 0 radical (unpaired) electrons. The number of carbonyl (C=O) groups is 1. The number of aliphatic imine (C=N–C) groups is 1. The molecule has 2 heterocycles. The molecule has 1 fully saturated rings. The van der Waals surface area contributed by atoms with Gasteiger partial charge in [-0.15, -0.1) is 10.2 Å². The van der Waals surface area contributed by atoms with E-state index in [9.17, 15) is 13.2 Å².